The first-order valence-corrected chi connectivity index (χ1v) is 11.8. The Hall–Kier alpha value is -0.120. The molecule has 1 atom stereocenters. The second-order valence-electron chi connectivity index (χ2n) is 7.02. The topological polar surface area (TPSA) is 12.0 Å². The van der Waals surface area contributed by atoms with Crippen LogP contribution in [-0.4, -0.2) is 24.1 Å². The summed E-state index contributed by atoms with van der Waals surface area (Å²) in [6, 6.07) is 0. The molecule has 0 amide bonds. The lowest BCUT2D eigenvalue weighted by molar-refractivity contribution is 0.436. The highest BCUT2D eigenvalue weighted by Gasteiger charge is 2.18. The zero-order chi connectivity index (χ0) is 15.7. The molecule has 3 aliphatic rings. The molecule has 0 spiro atoms. The van der Waals surface area contributed by atoms with Gasteiger partial charge >= 0.3 is 0 Å². The predicted octanol–water partition coefficient (Wildman–Crippen LogP) is 5.90. The number of nitrogens with one attached hydrogen (secondary N) is 1. The third-order valence-electron chi connectivity index (χ3n) is 5.26. The summed E-state index contributed by atoms with van der Waals surface area (Å²) in [7, 11) is 4.20. The Balaban J connectivity index is 1.53. The molecule has 0 aromatic heterocycles. The molecule has 1 nitrogen and oxygen atoms in total. The van der Waals surface area contributed by atoms with Gasteiger partial charge in [-0.25, -0.2) is 0 Å². The standard InChI is InChI=1S/C20H31NS2/c1-2-4-8-18(19-9-5-7-17(16-19)6-3-1)12-15-22-23-20-10-13-21-14-11-20/h1-2,9,12,17,20-21H,3-8,10-11,13-16H2/b2-1-,18-12?. The van der Waals surface area contributed by atoms with Gasteiger partial charge in [0.15, 0.2) is 0 Å². The van der Waals surface area contributed by atoms with Crippen molar-refractivity contribution in [3.05, 3.63) is 35.5 Å². The predicted molar refractivity (Wildman–Crippen MR) is 107 cm³/mol. The molecule has 0 aromatic carbocycles. The average molecular weight is 350 g/mol. The Kier molecular flexibility index (Phi) is 7.70. The minimum absolute atomic E-state index is 0.866. The molecular weight excluding hydrogens is 318 g/mol. The van der Waals surface area contributed by atoms with E-state index in [2.05, 4.69) is 51.2 Å². The summed E-state index contributed by atoms with van der Waals surface area (Å²) in [5, 5.41) is 4.32. The molecule has 1 saturated heterocycles. The van der Waals surface area contributed by atoms with Gasteiger partial charge in [0.25, 0.3) is 0 Å². The van der Waals surface area contributed by atoms with Crippen LogP contribution in [0.1, 0.15) is 57.8 Å². The fourth-order valence-electron chi connectivity index (χ4n) is 3.86. The van der Waals surface area contributed by atoms with Crippen LogP contribution in [-0.2, 0) is 0 Å². The average Bonchev–Trinajstić information content (AvgIpc) is 2.60. The molecule has 23 heavy (non-hydrogen) atoms. The maximum Gasteiger partial charge on any atom is 0.0223 e. The summed E-state index contributed by atoms with van der Waals surface area (Å²) in [4.78, 5) is 0. The van der Waals surface area contributed by atoms with E-state index in [0.29, 0.717) is 0 Å². The van der Waals surface area contributed by atoms with Gasteiger partial charge in [0.2, 0.25) is 0 Å². The van der Waals surface area contributed by atoms with Crippen LogP contribution in [0, 0.1) is 5.92 Å². The van der Waals surface area contributed by atoms with E-state index in [4.69, 9.17) is 0 Å². The second kappa shape index (κ2) is 10.0. The molecule has 3 rings (SSSR count). The molecular formula is C20H31NS2. The maximum absolute atomic E-state index is 3.46. The molecule has 2 aliphatic carbocycles. The van der Waals surface area contributed by atoms with Crippen molar-refractivity contribution in [3.8, 4) is 0 Å². The van der Waals surface area contributed by atoms with Gasteiger partial charge in [0, 0.05) is 11.0 Å². The van der Waals surface area contributed by atoms with Gasteiger partial charge in [-0.05, 0) is 87.9 Å². The van der Waals surface area contributed by atoms with E-state index in [1.807, 2.05) is 0 Å². The lowest BCUT2D eigenvalue weighted by atomic mass is 9.81. The molecule has 0 radical (unpaired) electrons. The maximum atomic E-state index is 3.46. The van der Waals surface area contributed by atoms with E-state index in [0.717, 1.165) is 11.2 Å². The molecule has 1 fully saturated rings. The Bertz CT molecular complexity index is 447. The number of piperidine rings is 1. The molecule has 128 valence electrons. The molecule has 0 saturated carbocycles. The van der Waals surface area contributed by atoms with Crippen molar-refractivity contribution in [2.45, 2.75) is 63.0 Å². The molecule has 0 aromatic rings. The van der Waals surface area contributed by atoms with E-state index in [9.17, 15) is 0 Å². The molecule has 3 heteroatoms. The van der Waals surface area contributed by atoms with Crippen LogP contribution in [0.2, 0.25) is 0 Å². The SMILES string of the molecule is C(CSSC1CCNCC1)=C1CC/C=C\CCC2CCC=C1C2. The third kappa shape index (κ3) is 6.03. The first kappa shape index (κ1) is 17.7. The first-order chi connectivity index (χ1) is 11.4. The normalized spacial score (nSPS) is 30.0. The van der Waals surface area contributed by atoms with E-state index < -0.39 is 0 Å². The van der Waals surface area contributed by atoms with E-state index >= 15 is 0 Å². The summed E-state index contributed by atoms with van der Waals surface area (Å²) in [6.45, 7) is 2.42. The van der Waals surface area contributed by atoms with E-state index in [-0.39, 0.29) is 0 Å². The zero-order valence-corrected chi connectivity index (χ0v) is 15.9. The van der Waals surface area contributed by atoms with Crippen LogP contribution in [0.3, 0.4) is 0 Å². The summed E-state index contributed by atoms with van der Waals surface area (Å²) in [5.74, 6) is 2.10. The Labute approximate surface area is 150 Å². The lowest BCUT2D eigenvalue weighted by Crippen LogP contribution is -2.28. The summed E-state index contributed by atoms with van der Waals surface area (Å²) in [6.07, 6.45) is 21.8. The molecule has 1 N–H and O–H groups in total. The van der Waals surface area contributed by atoms with Crippen LogP contribution in [0.25, 0.3) is 0 Å². The Morgan fingerprint density at radius 2 is 1.87 bits per heavy atom. The number of rotatable bonds is 4. The minimum Gasteiger partial charge on any atom is -0.317 e. The highest BCUT2D eigenvalue weighted by molar-refractivity contribution is 8.77. The van der Waals surface area contributed by atoms with Crippen molar-refractivity contribution >= 4 is 21.6 Å². The van der Waals surface area contributed by atoms with Crippen molar-refractivity contribution in [1.29, 1.82) is 0 Å². The fourth-order valence-corrected chi connectivity index (χ4v) is 6.42. The van der Waals surface area contributed by atoms with Gasteiger partial charge in [0.05, 0.1) is 0 Å². The highest BCUT2D eigenvalue weighted by Crippen LogP contribution is 2.36. The first-order valence-electron chi connectivity index (χ1n) is 9.44. The fraction of sp³-hybridized carbons (Fsp3) is 0.700. The molecule has 2 bridgehead atoms. The van der Waals surface area contributed by atoms with Gasteiger partial charge in [-0.1, -0.05) is 45.9 Å². The van der Waals surface area contributed by atoms with Gasteiger partial charge in [0.1, 0.15) is 0 Å². The summed E-state index contributed by atoms with van der Waals surface area (Å²) < 4.78 is 0. The largest absolute Gasteiger partial charge is 0.317 e. The van der Waals surface area contributed by atoms with Crippen molar-refractivity contribution in [2.75, 3.05) is 18.8 Å². The molecule has 1 aliphatic heterocycles. The second-order valence-corrected chi connectivity index (χ2v) is 9.74. The van der Waals surface area contributed by atoms with E-state index in [1.165, 1.54) is 76.6 Å². The Morgan fingerprint density at radius 3 is 2.78 bits per heavy atom. The third-order valence-corrected chi connectivity index (χ3v) is 8.08. The molecule has 1 heterocycles. The van der Waals surface area contributed by atoms with Crippen molar-refractivity contribution in [2.24, 2.45) is 5.92 Å². The number of fused-ring (bicyclic) bond motifs is 2. The number of hydrogen-bond donors (Lipinski definition) is 1. The number of allylic oxidation sites excluding steroid dienone is 5. The highest BCUT2D eigenvalue weighted by atomic mass is 33.1. The zero-order valence-electron chi connectivity index (χ0n) is 14.3. The van der Waals surface area contributed by atoms with Crippen molar-refractivity contribution < 1.29 is 0 Å². The van der Waals surface area contributed by atoms with Gasteiger partial charge in [-0.15, -0.1) is 0 Å². The van der Waals surface area contributed by atoms with Crippen LogP contribution < -0.4 is 5.32 Å². The number of hydrogen-bond acceptors (Lipinski definition) is 3. The van der Waals surface area contributed by atoms with Crippen molar-refractivity contribution in [3.63, 3.8) is 0 Å². The quantitative estimate of drug-likeness (QED) is 0.385. The minimum atomic E-state index is 0.866. The van der Waals surface area contributed by atoms with E-state index in [1.54, 1.807) is 11.1 Å². The van der Waals surface area contributed by atoms with Crippen LogP contribution in [0.4, 0.5) is 0 Å². The van der Waals surface area contributed by atoms with Crippen molar-refractivity contribution in [1.82, 2.24) is 5.32 Å². The molecule has 1 unspecified atom stereocenters. The summed E-state index contributed by atoms with van der Waals surface area (Å²) >= 11 is 0. The van der Waals surface area contributed by atoms with Gasteiger partial charge in [-0.3, -0.25) is 0 Å². The summed E-state index contributed by atoms with van der Waals surface area (Å²) in [5.41, 5.74) is 3.34. The Morgan fingerprint density at radius 1 is 1.04 bits per heavy atom. The van der Waals surface area contributed by atoms with Gasteiger partial charge < -0.3 is 5.32 Å². The van der Waals surface area contributed by atoms with Gasteiger partial charge in [-0.2, -0.15) is 0 Å². The van der Waals surface area contributed by atoms with Crippen LogP contribution in [0.15, 0.2) is 35.5 Å². The van der Waals surface area contributed by atoms with Crippen LogP contribution >= 0.6 is 21.6 Å². The smallest absolute Gasteiger partial charge is 0.0223 e. The lowest BCUT2D eigenvalue weighted by Gasteiger charge is -2.25. The monoisotopic (exact) mass is 349 g/mol. The van der Waals surface area contributed by atoms with Crippen LogP contribution in [0.5, 0.6) is 0 Å².